The van der Waals surface area contributed by atoms with Crippen LogP contribution in [-0.2, 0) is 4.79 Å². The quantitative estimate of drug-likeness (QED) is 0.852. The number of fused-ring (bicyclic) bond motifs is 1. The number of amides is 1. The molecule has 0 saturated carbocycles. The zero-order valence-corrected chi connectivity index (χ0v) is 13.5. The Bertz CT molecular complexity index is 692. The van der Waals surface area contributed by atoms with Crippen LogP contribution in [0.5, 0.6) is 0 Å². The van der Waals surface area contributed by atoms with Crippen molar-refractivity contribution in [3.8, 4) is 0 Å². The number of hydrogen-bond donors (Lipinski definition) is 2. The van der Waals surface area contributed by atoms with Crippen molar-refractivity contribution in [2.45, 2.75) is 27.7 Å². The van der Waals surface area contributed by atoms with Gasteiger partial charge >= 0.3 is 0 Å². The second-order valence-electron chi connectivity index (χ2n) is 6.41. The lowest BCUT2D eigenvalue weighted by atomic mass is 9.96. The third-order valence-corrected chi connectivity index (χ3v) is 3.31. The number of aromatic nitrogens is 1. The van der Waals surface area contributed by atoms with E-state index in [-0.39, 0.29) is 11.7 Å². The van der Waals surface area contributed by atoms with Crippen LogP contribution in [0.15, 0.2) is 24.3 Å². The molecule has 1 heterocycles. The summed E-state index contributed by atoms with van der Waals surface area (Å²) < 4.78 is 13.4. The first kappa shape index (κ1) is 16.2. The van der Waals surface area contributed by atoms with Crippen molar-refractivity contribution in [3.63, 3.8) is 0 Å². The Morgan fingerprint density at radius 3 is 2.64 bits per heavy atom. The van der Waals surface area contributed by atoms with Gasteiger partial charge in [-0.2, -0.15) is 0 Å². The van der Waals surface area contributed by atoms with Crippen LogP contribution in [0.25, 0.3) is 10.9 Å². The molecule has 1 amide bonds. The summed E-state index contributed by atoms with van der Waals surface area (Å²) in [4.78, 5) is 16.2. The molecule has 0 fully saturated rings. The van der Waals surface area contributed by atoms with Crippen molar-refractivity contribution in [2.24, 2.45) is 5.41 Å². The van der Waals surface area contributed by atoms with Crippen molar-refractivity contribution in [3.05, 3.63) is 35.8 Å². The SMILES string of the molecule is Cc1cc(NCCNC(=O)C(C)(C)C)c2cc(F)ccc2n1. The molecule has 0 aliphatic rings. The Hall–Kier alpha value is -2.17. The minimum Gasteiger partial charge on any atom is -0.383 e. The molecule has 2 rings (SSSR count). The maximum Gasteiger partial charge on any atom is 0.225 e. The first-order valence-electron chi connectivity index (χ1n) is 7.36. The number of halogens is 1. The summed E-state index contributed by atoms with van der Waals surface area (Å²) in [7, 11) is 0. The van der Waals surface area contributed by atoms with E-state index in [2.05, 4.69) is 15.6 Å². The summed E-state index contributed by atoms with van der Waals surface area (Å²) in [5.74, 6) is -0.279. The monoisotopic (exact) mass is 303 g/mol. The Morgan fingerprint density at radius 2 is 1.95 bits per heavy atom. The van der Waals surface area contributed by atoms with Gasteiger partial charge in [0.15, 0.2) is 0 Å². The van der Waals surface area contributed by atoms with E-state index < -0.39 is 5.41 Å². The van der Waals surface area contributed by atoms with Gasteiger partial charge in [0.2, 0.25) is 5.91 Å². The number of pyridine rings is 1. The van der Waals surface area contributed by atoms with Gasteiger partial charge in [-0.3, -0.25) is 9.78 Å². The second-order valence-corrected chi connectivity index (χ2v) is 6.41. The number of rotatable bonds is 4. The van der Waals surface area contributed by atoms with Gasteiger partial charge < -0.3 is 10.6 Å². The maximum absolute atomic E-state index is 13.4. The molecule has 0 atom stereocenters. The van der Waals surface area contributed by atoms with E-state index in [4.69, 9.17) is 0 Å². The smallest absolute Gasteiger partial charge is 0.225 e. The van der Waals surface area contributed by atoms with Crippen molar-refractivity contribution >= 4 is 22.5 Å². The highest BCUT2D eigenvalue weighted by atomic mass is 19.1. The Balaban J connectivity index is 2.05. The molecule has 22 heavy (non-hydrogen) atoms. The van der Waals surface area contributed by atoms with Crippen molar-refractivity contribution < 1.29 is 9.18 Å². The number of hydrogen-bond acceptors (Lipinski definition) is 3. The lowest BCUT2D eigenvalue weighted by molar-refractivity contribution is -0.128. The predicted octanol–water partition coefficient (Wildman–Crippen LogP) is 3.26. The summed E-state index contributed by atoms with van der Waals surface area (Å²) in [6.45, 7) is 8.59. The van der Waals surface area contributed by atoms with Gasteiger partial charge in [-0.25, -0.2) is 4.39 Å². The number of carbonyl (C=O) groups is 1. The minimum absolute atomic E-state index is 0.0103. The molecule has 0 saturated heterocycles. The summed E-state index contributed by atoms with van der Waals surface area (Å²) in [5, 5.41) is 6.86. The molecule has 0 unspecified atom stereocenters. The van der Waals surface area contributed by atoms with E-state index in [1.807, 2.05) is 33.8 Å². The summed E-state index contributed by atoms with van der Waals surface area (Å²) in [6, 6.07) is 6.43. The normalized spacial score (nSPS) is 11.5. The standard InChI is InChI=1S/C17H22FN3O/c1-11-9-15(13-10-12(18)5-6-14(13)21-11)19-7-8-20-16(22)17(2,3)4/h5-6,9-10H,7-8H2,1-4H3,(H,19,21)(H,20,22). The third-order valence-electron chi connectivity index (χ3n) is 3.31. The van der Waals surface area contributed by atoms with Crippen molar-refractivity contribution in [1.29, 1.82) is 0 Å². The van der Waals surface area contributed by atoms with Crippen LogP contribution >= 0.6 is 0 Å². The molecule has 2 aromatic rings. The average Bonchev–Trinajstić information content (AvgIpc) is 2.42. The fourth-order valence-electron chi connectivity index (χ4n) is 2.12. The van der Waals surface area contributed by atoms with Crippen molar-refractivity contribution in [2.75, 3.05) is 18.4 Å². The van der Waals surface area contributed by atoms with Crippen LogP contribution in [0.2, 0.25) is 0 Å². The lowest BCUT2D eigenvalue weighted by Gasteiger charge is -2.18. The molecule has 0 aliphatic carbocycles. The Morgan fingerprint density at radius 1 is 1.23 bits per heavy atom. The number of anilines is 1. The van der Waals surface area contributed by atoms with E-state index in [1.165, 1.54) is 12.1 Å². The minimum atomic E-state index is -0.400. The molecule has 1 aromatic carbocycles. The number of nitrogens with one attached hydrogen (secondary N) is 2. The van der Waals surface area contributed by atoms with Crippen molar-refractivity contribution in [1.82, 2.24) is 10.3 Å². The zero-order valence-electron chi connectivity index (χ0n) is 13.5. The molecule has 4 nitrogen and oxygen atoms in total. The molecule has 5 heteroatoms. The molecule has 118 valence electrons. The molecule has 1 aromatic heterocycles. The molecular weight excluding hydrogens is 281 g/mol. The van der Waals surface area contributed by atoms with Crippen LogP contribution in [0.4, 0.5) is 10.1 Å². The summed E-state index contributed by atoms with van der Waals surface area (Å²) in [6.07, 6.45) is 0. The van der Waals surface area contributed by atoms with E-state index in [1.54, 1.807) is 6.07 Å². The van der Waals surface area contributed by atoms with Gasteiger partial charge in [-0.15, -0.1) is 0 Å². The van der Waals surface area contributed by atoms with Crippen LogP contribution < -0.4 is 10.6 Å². The van der Waals surface area contributed by atoms with Crippen LogP contribution in [0.3, 0.4) is 0 Å². The van der Waals surface area contributed by atoms with Gasteiger partial charge in [-0.05, 0) is 31.2 Å². The number of carbonyl (C=O) groups excluding carboxylic acids is 1. The van der Waals surface area contributed by atoms with E-state index >= 15 is 0 Å². The fourth-order valence-corrected chi connectivity index (χ4v) is 2.12. The predicted molar refractivity (Wildman–Crippen MR) is 87.4 cm³/mol. The lowest BCUT2D eigenvalue weighted by Crippen LogP contribution is -2.37. The topological polar surface area (TPSA) is 54.0 Å². The third kappa shape index (κ3) is 3.93. The zero-order chi connectivity index (χ0) is 16.3. The highest BCUT2D eigenvalue weighted by molar-refractivity contribution is 5.91. The van der Waals surface area contributed by atoms with E-state index in [9.17, 15) is 9.18 Å². The van der Waals surface area contributed by atoms with Gasteiger partial charge in [0.25, 0.3) is 0 Å². The molecule has 0 bridgehead atoms. The Kier molecular flexibility index (Phi) is 4.64. The fraction of sp³-hybridized carbons (Fsp3) is 0.412. The van der Waals surface area contributed by atoms with Gasteiger partial charge in [-0.1, -0.05) is 20.8 Å². The van der Waals surface area contributed by atoms with Crippen LogP contribution in [0.1, 0.15) is 26.5 Å². The molecule has 0 radical (unpaired) electrons. The number of nitrogens with zero attached hydrogens (tertiary/aromatic N) is 1. The highest BCUT2D eigenvalue weighted by Gasteiger charge is 2.20. The van der Waals surface area contributed by atoms with Crippen LogP contribution in [0, 0.1) is 18.2 Å². The first-order valence-corrected chi connectivity index (χ1v) is 7.36. The van der Waals surface area contributed by atoms with Gasteiger partial charge in [0, 0.05) is 35.3 Å². The Labute approximate surface area is 130 Å². The second kappa shape index (κ2) is 6.30. The molecular formula is C17H22FN3O. The van der Waals surface area contributed by atoms with E-state index in [0.717, 1.165) is 22.3 Å². The molecule has 0 spiro atoms. The summed E-state index contributed by atoms with van der Waals surface area (Å²) >= 11 is 0. The number of aryl methyl sites for hydroxylation is 1. The average molecular weight is 303 g/mol. The van der Waals surface area contributed by atoms with Gasteiger partial charge in [0.05, 0.1) is 5.52 Å². The van der Waals surface area contributed by atoms with E-state index in [0.29, 0.717) is 13.1 Å². The largest absolute Gasteiger partial charge is 0.383 e. The first-order chi connectivity index (χ1) is 10.3. The highest BCUT2D eigenvalue weighted by Crippen LogP contribution is 2.23. The number of benzene rings is 1. The molecule has 2 N–H and O–H groups in total. The summed E-state index contributed by atoms with van der Waals surface area (Å²) in [5.41, 5.74) is 2.04. The van der Waals surface area contributed by atoms with Crippen LogP contribution in [-0.4, -0.2) is 24.0 Å². The van der Waals surface area contributed by atoms with Gasteiger partial charge in [0.1, 0.15) is 5.82 Å². The molecule has 0 aliphatic heterocycles. The maximum atomic E-state index is 13.4.